The van der Waals surface area contributed by atoms with E-state index < -0.39 is 0 Å². The minimum Gasteiger partial charge on any atom is -0.230 e. The Hall–Kier alpha value is -1.32. The molecule has 0 saturated carbocycles. The minimum absolute atomic E-state index is 0.993. The summed E-state index contributed by atoms with van der Waals surface area (Å²) in [5.74, 6) is 0.993. The van der Waals surface area contributed by atoms with Gasteiger partial charge in [-0.05, 0) is 30.2 Å². The van der Waals surface area contributed by atoms with E-state index in [2.05, 4.69) is 54.4 Å². The molecule has 3 aromatic rings. The van der Waals surface area contributed by atoms with Crippen LogP contribution in [0.4, 0.5) is 0 Å². The van der Waals surface area contributed by atoms with Gasteiger partial charge in [-0.1, -0.05) is 48.2 Å². The number of para-hydroxylation sites is 1. The highest BCUT2D eigenvalue weighted by Gasteiger charge is 2.04. The molecule has 0 bridgehead atoms. The molecule has 18 heavy (non-hydrogen) atoms. The van der Waals surface area contributed by atoms with Crippen molar-refractivity contribution in [2.24, 2.45) is 0 Å². The summed E-state index contributed by atoms with van der Waals surface area (Å²) in [4.78, 5) is 4.64. The van der Waals surface area contributed by atoms with Crippen molar-refractivity contribution in [3.8, 4) is 0 Å². The van der Waals surface area contributed by atoms with Gasteiger partial charge in [0.2, 0.25) is 0 Å². The van der Waals surface area contributed by atoms with E-state index in [1.54, 1.807) is 11.3 Å². The van der Waals surface area contributed by atoms with Crippen LogP contribution < -0.4 is 0 Å². The monoisotopic (exact) mass is 271 g/mol. The van der Waals surface area contributed by atoms with E-state index in [0.717, 1.165) is 15.6 Å². The molecule has 0 aliphatic heterocycles. The molecule has 0 unspecified atom stereocenters. The zero-order chi connectivity index (χ0) is 12.4. The van der Waals surface area contributed by atoms with Crippen LogP contribution in [-0.2, 0) is 5.75 Å². The Morgan fingerprint density at radius 1 is 1.06 bits per heavy atom. The third-order valence-corrected chi connectivity index (χ3v) is 5.11. The molecule has 0 spiro atoms. The molecule has 0 saturated heterocycles. The first-order chi connectivity index (χ1) is 8.83. The molecule has 0 aliphatic rings. The Morgan fingerprint density at radius 2 is 1.83 bits per heavy atom. The molecule has 0 N–H and O–H groups in total. The van der Waals surface area contributed by atoms with E-state index >= 15 is 0 Å². The van der Waals surface area contributed by atoms with Crippen molar-refractivity contribution in [1.29, 1.82) is 0 Å². The van der Waals surface area contributed by atoms with Crippen LogP contribution >= 0.6 is 23.1 Å². The van der Waals surface area contributed by atoms with Crippen LogP contribution in [0.15, 0.2) is 52.9 Å². The molecule has 1 heterocycles. The Kier molecular flexibility index (Phi) is 3.35. The lowest BCUT2D eigenvalue weighted by atomic mass is 10.1. The molecular weight excluding hydrogens is 258 g/mol. The summed E-state index contributed by atoms with van der Waals surface area (Å²) >= 11 is 3.60. The van der Waals surface area contributed by atoms with Crippen molar-refractivity contribution in [2.45, 2.75) is 17.0 Å². The summed E-state index contributed by atoms with van der Waals surface area (Å²) in [6, 6.07) is 16.8. The topological polar surface area (TPSA) is 12.9 Å². The Morgan fingerprint density at radius 3 is 2.67 bits per heavy atom. The van der Waals surface area contributed by atoms with Crippen molar-refractivity contribution < 1.29 is 0 Å². The molecule has 0 amide bonds. The van der Waals surface area contributed by atoms with Crippen molar-refractivity contribution in [1.82, 2.24) is 4.98 Å². The first kappa shape index (κ1) is 11.8. The maximum atomic E-state index is 4.64. The average Bonchev–Trinajstić information content (AvgIpc) is 2.80. The van der Waals surface area contributed by atoms with Gasteiger partial charge in [-0.25, -0.2) is 4.98 Å². The fraction of sp³-hybridized carbons (Fsp3) is 0.133. The van der Waals surface area contributed by atoms with Crippen molar-refractivity contribution in [3.05, 3.63) is 59.7 Å². The second-order valence-corrected chi connectivity index (χ2v) is 6.42. The van der Waals surface area contributed by atoms with Gasteiger partial charge in [0.25, 0.3) is 0 Å². The van der Waals surface area contributed by atoms with Crippen LogP contribution in [-0.4, -0.2) is 4.98 Å². The van der Waals surface area contributed by atoms with E-state index in [0.29, 0.717) is 0 Å². The third kappa shape index (κ3) is 2.42. The number of thioether (sulfide) groups is 1. The number of rotatable bonds is 3. The number of benzene rings is 2. The molecule has 1 aromatic heterocycles. The van der Waals surface area contributed by atoms with Gasteiger partial charge >= 0.3 is 0 Å². The molecule has 0 aliphatic carbocycles. The highest BCUT2D eigenvalue weighted by Crippen LogP contribution is 2.31. The van der Waals surface area contributed by atoms with E-state index in [4.69, 9.17) is 0 Å². The number of thiazole rings is 1. The predicted molar refractivity (Wildman–Crippen MR) is 80.4 cm³/mol. The highest BCUT2D eigenvalue weighted by molar-refractivity contribution is 8.00. The molecule has 90 valence electrons. The molecular formula is C15H13NS2. The molecule has 3 heteroatoms. The Labute approximate surface area is 115 Å². The fourth-order valence-electron chi connectivity index (χ4n) is 1.82. The number of nitrogens with zero attached hydrogens (tertiary/aromatic N) is 1. The lowest BCUT2D eigenvalue weighted by molar-refractivity contribution is 1.27. The first-order valence-electron chi connectivity index (χ1n) is 5.86. The van der Waals surface area contributed by atoms with Gasteiger partial charge in [0.15, 0.2) is 4.34 Å². The highest BCUT2D eigenvalue weighted by atomic mass is 32.2. The van der Waals surface area contributed by atoms with Gasteiger partial charge in [-0.2, -0.15) is 0 Å². The summed E-state index contributed by atoms with van der Waals surface area (Å²) in [7, 11) is 0. The largest absolute Gasteiger partial charge is 0.230 e. The summed E-state index contributed by atoms with van der Waals surface area (Å²) in [5, 5.41) is 0. The lowest BCUT2D eigenvalue weighted by Gasteiger charge is -2.02. The molecule has 2 aromatic carbocycles. The van der Waals surface area contributed by atoms with Crippen LogP contribution in [0.2, 0.25) is 0 Å². The smallest absolute Gasteiger partial charge is 0.151 e. The van der Waals surface area contributed by atoms with Crippen molar-refractivity contribution >= 4 is 33.3 Å². The fourth-order valence-corrected chi connectivity index (χ4v) is 3.97. The quantitative estimate of drug-likeness (QED) is 0.629. The molecule has 0 radical (unpaired) electrons. The van der Waals surface area contributed by atoms with Gasteiger partial charge in [-0.15, -0.1) is 11.3 Å². The van der Waals surface area contributed by atoms with Gasteiger partial charge < -0.3 is 0 Å². The van der Waals surface area contributed by atoms with Crippen molar-refractivity contribution in [3.63, 3.8) is 0 Å². The average molecular weight is 271 g/mol. The summed E-state index contributed by atoms with van der Waals surface area (Å²) in [6.45, 7) is 2.16. The zero-order valence-electron chi connectivity index (χ0n) is 10.1. The second kappa shape index (κ2) is 5.12. The molecule has 0 fully saturated rings. The zero-order valence-corrected chi connectivity index (χ0v) is 11.7. The number of aromatic nitrogens is 1. The number of hydrogen-bond donors (Lipinski definition) is 0. The lowest BCUT2D eigenvalue weighted by Crippen LogP contribution is -1.84. The second-order valence-electron chi connectivity index (χ2n) is 4.16. The molecule has 3 rings (SSSR count). The number of fused-ring (bicyclic) bond motifs is 1. The maximum absolute atomic E-state index is 4.64. The summed E-state index contributed by atoms with van der Waals surface area (Å²) < 4.78 is 2.42. The Bertz CT molecular complexity index is 640. The van der Waals surface area contributed by atoms with Crippen LogP contribution in [0, 0.1) is 6.92 Å². The van der Waals surface area contributed by atoms with E-state index in [1.165, 1.54) is 15.8 Å². The van der Waals surface area contributed by atoms with Crippen LogP contribution in [0.1, 0.15) is 11.1 Å². The van der Waals surface area contributed by atoms with Gasteiger partial charge in [-0.3, -0.25) is 0 Å². The van der Waals surface area contributed by atoms with Crippen LogP contribution in [0.25, 0.3) is 10.2 Å². The summed E-state index contributed by atoms with van der Waals surface area (Å²) in [6.07, 6.45) is 0. The maximum Gasteiger partial charge on any atom is 0.151 e. The number of hydrogen-bond acceptors (Lipinski definition) is 3. The third-order valence-electron chi connectivity index (χ3n) is 2.89. The first-order valence-corrected chi connectivity index (χ1v) is 7.66. The SMILES string of the molecule is Cc1ccccc1CSc1nc2ccccc2s1. The van der Waals surface area contributed by atoms with E-state index in [-0.39, 0.29) is 0 Å². The molecule has 1 nitrogen and oxygen atoms in total. The van der Waals surface area contributed by atoms with Gasteiger partial charge in [0.05, 0.1) is 10.2 Å². The standard InChI is InChI=1S/C15H13NS2/c1-11-6-2-3-7-12(11)10-17-15-16-13-8-4-5-9-14(13)18-15/h2-9H,10H2,1H3. The van der Waals surface area contributed by atoms with Gasteiger partial charge in [0, 0.05) is 5.75 Å². The predicted octanol–water partition coefficient (Wildman–Crippen LogP) is 4.90. The number of aryl methyl sites for hydroxylation is 1. The van der Waals surface area contributed by atoms with Crippen LogP contribution in [0.5, 0.6) is 0 Å². The van der Waals surface area contributed by atoms with Crippen LogP contribution in [0.3, 0.4) is 0 Å². The van der Waals surface area contributed by atoms with E-state index in [9.17, 15) is 0 Å². The molecule has 0 atom stereocenters. The Balaban J connectivity index is 1.79. The van der Waals surface area contributed by atoms with Gasteiger partial charge in [0.1, 0.15) is 0 Å². The summed E-state index contributed by atoms with van der Waals surface area (Å²) in [5.41, 5.74) is 3.85. The normalized spacial score (nSPS) is 10.9. The van der Waals surface area contributed by atoms with Crippen molar-refractivity contribution in [2.75, 3.05) is 0 Å². The van der Waals surface area contributed by atoms with E-state index in [1.807, 2.05) is 17.8 Å². The minimum atomic E-state index is 0.993.